The van der Waals surface area contributed by atoms with E-state index in [1.165, 1.54) is 36.4 Å². The topological polar surface area (TPSA) is 373 Å². The fourth-order valence-corrected chi connectivity index (χ4v) is 8.82. The predicted octanol–water partition coefficient (Wildman–Crippen LogP) is -6.47. The van der Waals surface area contributed by atoms with Gasteiger partial charge in [-0.25, -0.2) is 33.7 Å². The van der Waals surface area contributed by atoms with E-state index in [-0.39, 0.29) is 194 Å². The minimum Gasteiger partial charge on any atom is -0.744 e. The third kappa shape index (κ3) is 15.0. The number of rotatable bonds is 15. The molecule has 0 amide bonds. The second kappa shape index (κ2) is 24.4. The summed E-state index contributed by atoms with van der Waals surface area (Å²) in [6.07, 6.45) is 0. The molecule has 7 aromatic rings. The Hall–Kier alpha value is -2.95. The van der Waals surface area contributed by atoms with Crippen LogP contribution in [-0.2, 0) is 40.5 Å². The Bertz CT molecular complexity index is 3290. The van der Waals surface area contributed by atoms with Gasteiger partial charge in [-0.2, -0.15) is 35.4 Å². The molecule has 0 aliphatic rings. The number of hydrogen-bond donors (Lipinski definition) is 4. The van der Waals surface area contributed by atoms with Gasteiger partial charge in [0.15, 0.2) is 0 Å². The summed E-state index contributed by atoms with van der Waals surface area (Å²) in [6, 6.07) is 22.8. The summed E-state index contributed by atoms with van der Waals surface area (Å²) in [6.45, 7) is -0.162. The van der Waals surface area contributed by atoms with Crippen LogP contribution in [0, 0.1) is 0 Å². The number of fused-ring (bicyclic) bond motifs is 2. The maximum atomic E-state index is 12.0. The molecule has 1 heterocycles. The van der Waals surface area contributed by atoms with Gasteiger partial charge in [-0.3, -0.25) is 0 Å². The number of nitrogens with zero attached hydrogens (tertiary/aromatic N) is 7. The number of benzene rings is 6. The summed E-state index contributed by atoms with van der Waals surface area (Å²) in [5.41, 5.74) is 0.892. The molecule has 0 aliphatic heterocycles. The summed E-state index contributed by atoms with van der Waals surface area (Å²) in [7, 11) is -20.4. The molecule has 0 radical (unpaired) electrons. The van der Waals surface area contributed by atoms with E-state index in [0.717, 1.165) is 48.5 Å². The first-order chi connectivity index (χ1) is 30.2. The Morgan fingerprint density at radius 2 is 0.765 bits per heavy atom. The number of aliphatic hydroxyl groups is 1. The van der Waals surface area contributed by atoms with Crippen molar-refractivity contribution in [3.63, 3.8) is 0 Å². The van der Waals surface area contributed by atoms with E-state index in [1.807, 2.05) is 0 Å². The molecule has 0 spiro atoms. The largest absolute Gasteiger partial charge is 1.00 e. The minimum absolute atomic E-state index is 0. The van der Waals surface area contributed by atoms with Crippen molar-refractivity contribution in [1.82, 2.24) is 15.0 Å². The molecule has 0 atom stereocenters. The number of azo groups is 2. The van der Waals surface area contributed by atoms with Gasteiger partial charge in [0.2, 0.25) is 17.8 Å². The van der Waals surface area contributed by atoms with Crippen LogP contribution in [0.15, 0.2) is 149 Å². The Labute approximate surface area is 476 Å². The Morgan fingerprint density at radius 1 is 0.426 bits per heavy atom. The zero-order chi connectivity index (χ0) is 46.0. The van der Waals surface area contributed by atoms with Gasteiger partial charge in [-0.15, -0.1) is 0 Å². The van der Waals surface area contributed by atoms with Crippen molar-refractivity contribution in [1.29, 1.82) is 0 Å². The van der Waals surface area contributed by atoms with Crippen molar-refractivity contribution in [3.05, 3.63) is 109 Å². The van der Waals surface area contributed by atoms with E-state index >= 15 is 0 Å². The summed E-state index contributed by atoms with van der Waals surface area (Å²) in [5.74, 6) is 0.134. The zero-order valence-corrected chi connectivity index (χ0v) is 47.2. The summed E-state index contributed by atoms with van der Waals surface area (Å²) >= 11 is 0. The molecule has 23 nitrogen and oxygen atoms in total. The number of nitrogens with one attached hydrogen (secondary N) is 3. The maximum Gasteiger partial charge on any atom is 1.00 e. The van der Waals surface area contributed by atoms with E-state index in [2.05, 4.69) is 51.4 Å². The van der Waals surface area contributed by atoms with E-state index in [4.69, 9.17) is 0 Å². The quantitative estimate of drug-likeness (QED) is 0.0421. The molecular weight excluding hydrogens is 1010 g/mol. The van der Waals surface area contributed by atoms with Crippen molar-refractivity contribution in [2.75, 3.05) is 29.1 Å². The van der Waals surface area contributed by atoms with Gasteiger partial charge in [0.1, 0.15) is 40.5 Å². The molecule has 0 unspecified atom stereocenters. The van der Waals surface area contributed by atoms with Gasteiger partial charge >= 0.3 is 118 Å². The molecule has 0 aliphatic carbocycles. The predicted molar refractivity (Wildman–Crippen MR) is 223 cm³/mol. The SMILES string of the molecule is O=S(=O)([O-])c1cc(N=Nc2ccc(Nc3nc(NCCO)nc(Nc4ccc(N=Nc5cc(S(=O)(=O)[O-])c6cccc(S(=O)(=O)[O-])c6c5)cc4)n3)cc2)cc2c(S(=O)(=O)[O-])cccc12.[Na+].[Na+].[Na+].[Na+]. The van der Waals surface area contributed by atoms with Gasteiger partial charge in [-0.05, 0) is 84.9 Å². The second-order valence-electron chi connectivity index (χ2n) is 13.1. The second-order valence-corrected chi connectivity index (χ2v) is 18.5. The van der Waals surface area contributed by atoms with Crippen molar-refractivity contribution in [2.24, 2.45) is 20.5 Å². The van der Waals surface area contributed by atoms with Crippen LogP contribution in [0.25, 0.3) is 21.5 Å². The first-order valence-corrected chi connectivity index (χ1v) is 23.4. The summed E-state index contributed by atoms with van der Waals surface area (Å²) in [4.78, 5) is 9.90. The molecule has 4 N–H and O–H groups in total. The summed E-state index contributed by atoms with van der Waals surface area (Å²) in [5, 5.41) is 33.0. The van der Waals surface area contributed by atoms with Gasteiger partial charge in [-0.1, -0.05) is 24.3 Å². The monoisotopic (exact) mass is 1040 g/mol. The van der Waals surface area contributed by atoms with Crippen LogP contribution in [0.5, 0.6) is 0 Å². The van der Waals surface area contributed by atoms with E-state index in [0.29, 0.717) is 11.4 Å². The van der Waals surface area contributed by atoms with Crippen LogP contribution in [0.4, 0.5) is 52.0 Å². The molecule has 31 heteroatoms. The smallest absolute Gasteiger partial charge is 0.744 e. The first kappa shape index (κ1) is 59.4. The van der Waals surface area contributed by atoms with Crippen molar-refractivity contribution >= 4 is 114 Å². The van der Waals surface area contributed by atoms with Crippen LogP contribution in [0.2, 0.25) is 0 Å². The molecule has 0 fully saturated rings. The standard InChI is InChI=1S/C37H30N10O13S4.4Na/c48-16-15-38-35-41-36(39-21-7-11-23(12-8-21)44-46-25-17-29-27(33(19-25)63(55,56)57)3-1-5-31(29)61(49,50)51)43-37(42-35)40-22-9-13-24(14-10-22)45-47-26-18-30-28(34(20-26)64(58,59)60)4-2-6-32(30)62(52,53)54;;;;/h1-14,17-20,48H,15-16H2,(H,49,50,51)(H,52,53,54)(H,55,56,57)(H,58,59,60)(H3,38,39,40,41,42,43);;;;/q;4*+1/p-4. The Kier molecular flexibility index (Phi) is 21.3. The van der Waals surface area contributed by atoms with Crippen LogP contribution in [-0.4, -0.2) is 85.1 Å². The van der Waals surface area contributed by atoms with Gasteiger partial charge < -0.3 is 39.3 Å². The molecule has 7 rings (SSSR count). The number of anilines is 5. The van der Waals surface area contributed by atoms with Crippen LogP contribution in [0.1, 0.15) is 0 Å². The average Bonchev–Trinajstić information content (AvgIpc) is 3.22. The normalized spacial score (nSPS) is 11.9. The molecule has 0 saturated heterocycles. The molecule has 6 aromatic carbocycles. The molecule has 68 heavy (non-hydrogen) atoms. The van der Waals surface area contributed by atoms with Crippen LogP contribution >= 0.6 is 0 Å². The van der Waals surface area contributed by atoms with Gasteiger partial charge in [0.25, 0.3) is 0 Å². The third-order valence-electron chi connectivity index (χ3n) is 8.72. The zero-order valence-electron chi connectivity index (χ0n) is 35.9. The Balaban J connectivity index is 0.00000306. The number of hydrogen-bond acceptors (Lipinski definition) is 23. The molecule has 0 saturated carbocycles. The fourth-order valence-electron chi connectivity index (χ4n) is 6.03. The van der Waals surface area contributed by atoms with Crippen LogP contribution in [0.3, 0.4) is 0 Å². The number of aromatic nitrogens is 3. The molecule has 0 bridgehead atoms. The Morgan fingerprint density at radius 3 is 1.10 bits per heavy atom. The molecular formula is C37H26N10Na4O13S4. The van der Waals surface area contributed by atoms with E-state index in [9.17, 15) is 57.0 Å². The number of aliphatic hydroxyl groups excluding tert-OH is 1. The molecule has 1 aromatic heterocycles. The average molecular weight is 1040 g/mol. The first-order valence-electron chi connectivity index (χ1n) is 17.8. The van der Waals surface area contributed by atoms with Crippen LogP contribution < -0.4 is 134 Å². The fraction of sp³-hybridized carbons (Fsp3) is 0.0541. The summed E-state index contributed by atoms with van der Waals surface area (Å²) < 4.78 is 143. The van der Waals surface area contributed by atoms with E-state index in [1.54, 1.807) is 24.3 Å². The van der Waals surface area contributed by atoms with Crippen molar-refractivity contribution < 1.29 is 175 Å². The van der Waals surface area contributed by atoms with Gasteiger partial charge in [0, 0.05) is 39.5 Å². The third-order valence-corrected chi connectivity index (χ3v) is 12.3. The maximum absolute atomic E-state index is 12.0. The molecule has 330 valence electrons. The van der Waals surface area contributed by atoms with Crippen molar-refractivity contribution in [3.8, 4) is 0 Å². The van der Waals surface area contributed by atoms with E-state index < -0.39 is 60.1 Å². The van der Waals surface area contributed by atoms with Crippen molar-refractivity contribution in [2.45, 2.75) is 19.6 Å². The van der Waals surface area contributed by atoms with Gasteiger partial charge in [0.05, 0.1) is 48.9 Å². The minimum atomic E-state index is -5.13.